The van der Waals surface area contributed by atoms with Gasteiger partial charge in [0.05, 0.1) is 19.1 Å². The molecular weight excluding hydrogens is 312 g/mol. The first-order chi connectivity index (χ1) is 11.5. The van der Waals surface area contributed by atoms with Crippen molar-refractivity contribution in [2.45, 2.75) is 25.4 Å². The van der Waals surface area contributed by atoms with E-state index < -0.39 is 12.1 Å². The maximum atomic E-state index is 12.6. The van der Waals surface area contributed by atoms with Crippen molar-refractivity contribution in [3.05, 3.63) is 29.8 Å². The molecule has 128 valence electrons. The van der Waals surface area contributed by atoms with Gasteiger partial charge in [0.15, 0.2) is 0 Å². The van der Waals surface area contributed by atoms with Crippen molar-refractivity contribution >= 4 is 23.5 Å². The van der Waals surface area contributed by atoms with Gasteiger partial charge < -0.3 is 19.6 Å². The van der Waals surface area contributed by atoms with Gasteiger partial charge in [-0.2, -0.15) is 0 Å². The van der Waals surface area contributed by atoms with Crippen molar-refractivity contribution in [2.75, 3.05) is 31.1 Å². The highest BCUT2D eigenvalue weighted by atomic mass is 16.5. The van der Waals surface area contributed by atoms with Crippen LogP contribution in [0.15, 0.2) is 24.3 Å². The molecule has 1 aromatic carbocycles. The highest BCUT2D eigenvalue weighted by molar-refractivity contribution is 5.97. The molecule has 2 fully saturated rings. The lowest BCUT2D eigenvalue weighted by Gasteiger charge is -2.32. The Morgan fingerprint density at radius 1 is 1.21 bits per heavy atom. The van der Waals surface area contributed by atoms with Gasteiger partial charge in [-0.05, 0) is 30.7 Å². The maximum absolute atomic E-state index is 12.6. The van der Waals surface area contributed by atoms with Crippen LogP contribution in [0.3, 0.4) is 0 Å². The lowest BCUT2D eigenvalue weighted by atomic mass is 10.1. The van der Waals surface area contributed by atoms with E-state index in [-0.39, 0.29) is 24.8 Å². The molecule has 0 unspecified atom stereocenters. The van der Waals surface area contributed by atoms with E-state index in [0.717, 1.165) is 12.1 Å². The molecule has 3 rings (SSSR count). The smallest absolute Gasteiger partial charge is 0.306 e. The van der Waals surface area contributed by atoms with E-state index in [4.69, 9.17) is 9.84 Å². The van der Waals surface area contributed by atoms with Gasteiger partial charge in [0.1, 0.15) is 0 Å². The summed E-state index contributed by atoms with van der Waals surface area (Å²) in [6, 6.07) is 6.99. The number of morpholine rings is 1. The maximum Gasteiger partial charge on any atom is 0.306 e. The molecule has 0 saturated carbocycles. The summed E-state index contributed by atoms with van der Waals surface area (Å²) < 4.78 is 5.38. The first kappa shape index (κ1) is 16.4. The fourth-order valence-electron chi connectivity index (χ4n) is 3.11. The molecule has 24 heavy (non-hydrogen) atoms. The van der Waals surface area contributed by atoms with Crippen molar-refractivity contribution in [1.29, 1.82) is 0 Å². The molecule has 2 saturated heterocycles. The summed E-state index contributed by atoms with van der Waals surface area (Å²) in [6.45, 7) is 1.77. The van der Waals surface area contributed by atoms with Gasteiger partial charge in [-0.25, -0.2) is 0 Å². The molecule has 0 radical (unpaired) electrons. The van der Waals surface area contributed by atoms with Gasteiger partial charge in [0.25, 0.3) is 5.91 Å². The largest absolute Gasteiger partial charge is 0.481 e. The van der Waals surface area contributed by atoms with E-state index in [1.54, 1.807) is 34.1 Å². The zero-order valence-electron chi connectivity index (χ0n) is 13.3. The number of rotatable bonds is 4. The van der Waals surface area contributed by atoms with Crippen molar-refractivity contribution < 1.29 is 24.2 Å². The Hall–Kier alpha value is -2.41. The van der Waals surface area contributed by atoms with Crippen molar-refractivity contribution in [2.24, 2.45) is 0 Å². The molecule has 1 atom stereocenters. The highest BCUT2D eigenvalue weighted by Crippen LogP contribution is 2.22. The zero-order valence-corrected chi connectivity index (χ0v) is 13.3. The van der Waals surface area contributed by atoms with Crippen LogP contribution in [0.2, 0.25) is 0 Å². The molecule has 2 heterocycles. The quantitative estimate of drug-likeness (QED) is 0.893. The number of amides is 2. The van der Waals surface area contributed by atoms with Gasteiger partial charge in [-0.15, -0.1) is 0 Å². The topological polar surface area (TPSA) is 87.2 Å². The molecule has 0 aliphatic carbocycles. The van der Waals surface area contributed by atoms with Crippen LogP contribution in [0, 0.1) is 0 Å². The Labute approximate surface area is 139 Å². The zero-order chi connectivity index (χ0) is 17.1. The fourth-order valence-corrected chi connectivity index (χ4v) is 3.11. The third kappa shape index (κ3) is 3.56. The van der Waals surface area contributed by atoms with Gasteiger partial charge in [-0.1, -0.05) is 0 Å². The van der Waals surface area contributed by atoms with Crippen molar-refractivity contribution in [3.8, 4) is 0 Å². The number of hydrogen-bond donors (Lipinski definition) is 1. The van der Waals surface area contributed by atoms with Crippen LogP contribution in [0.1, 0.15) is 29.6 Å². The number of carbonyl (C=O) groups excluding carboxylic acids is 2. The van der Waals surface area contributed by atoms with Crippen LogP contribution in [-0.2, 0) is 14.3 Å². The standard InChI is InChI=1S/C17H20N2O5/c20-15-2-1-7-19(15)13-5-3-12(4-6-13)17(23)18-8-9-24-14(11-18)10-16(21)22/h3-6,14H,1-2,7-11H2,(H,21,22)/t14-/m1/s1. The first-order valence-corrected chi connectivity index (χ1v) is 8.07. The highest BCUT2D eigenvalue weighted by Gasteiger charge is 2.27. The number of nitrogens with zero attached hydrogens (tertiary/aromatic N) is 2. The molecular formula is C17H20N2O5. The first-order valence-electron chi connectivity index (χ1n) is 8.07. The average molecular weight is 332 g/mol. The minimum atomic E-state index is -0.936. The molecule has 1 N–H and O–H groups in total. The van der Waals surface area contributed by atoms with E-state index in [0.29, 0.717) is 31.7 Å². The monoisotopic (exact) mass is 332 g/mol. The summed E-state index contributed by atoms with van der Waals surface area (Å²) in [5.74, 6) is -0.972. The number of carboxylic acids is 1. The summed E-state index contributed by atoms with van der Waals surface area (Å²) >= 11 is 0. The van der Waals surface area contributed by atoms with Gasteiger partial charge in [0.2, 0.25) is 5.91 Å². The third-order valence-electron chi connectivity index (χ3n) is 4.33. The number of carbonyl (C=O) groups is 3. The molecule has 0 aromatic heterocycles. The van der Waals surface area contributed by atoms with Crippen LogP contribution >= 0.6 is 0 Å². The molecule has 0 spiro atoms. The number of anilines is 1. The van der Waals surface area contributed by atoms with Crippen LogP contribution in [0.5, 0.6) is 0 Å². The summed E-state index contributed by atoms with van der Waals surface area (Å²) in [5, 5.41) is 8.85. The van der Waals surface area contributed by atoms with Crippen LogP contribution in [-0.4, -0.2) is 60.1 Å². The van der Waals surface area contributed by atoms with Crippen LogP contribution in [0.25, 0.3) is 0 Å². The van der Waals surface area contributed by atoms with E-state index in [1.165, 1.54) is 0 Å². The summed E-state index contributed by atoms with van der Waals surface area (Å²) in [6.07, 6.45) is 0.846. The lowest BCUT2D eigenvalue weighted by molar-refractivity contribution is -0.141. The van der Waals surface area contributed by atoms with E-state index in [2.05, 4.69) is 0 Å². The minimum absolute atomic E-state index is 0.110. The number of hydrogen-bond acceptors (Lipinski definition) is 4. The van der Waals surface area contributed by atoms with Gasteiger partial charge >= 0.3 is 5.97 Å². The Balaban J connectivity index is 1.66. The predicted molar refractivity (Wildman–Crippen MR) is 85.9 cm³/mol. The van der Waals surface area contributed by atoms with Gasteiger partial charge in [-0.3, -0.25) is 14.4 Å². The number of aliphatic carboxylic acids is 1. The Morgan fingerprint density at radius 2 is 1.96 bits per heavy atom. The molecule has 2 amide bonds. The summed E-state index contributed by atoms with van der Waals surface area (Å²) in [4.78, 5) is 38.5. The molecule has 7 nitrogen and oxygen atoms in total. The molecule has 0 bridgehead atoms. The number of benzene rings is 1. The molecule has 7 heteroatoms. The van der Waals surface area contributed by atoms with E-state index >= 15 is 0 Å². The molecule has 1 aromatic rings. The molecule has 2 aliphatic rings. The third-order valence-corrected chi connectivity index (χ3v) is 4.33. The average Bonchev–Trinajstić information content (AvgIpc) is 3.00. The van der Waals surface area contributed by atoms with Crippen molar-refractivity contribution in [3.63, 3.8) is 0 Å². The second-order valence-electron chi connectivity index (χ2n) is 6.04. The lowest BCUT2D eigenvalue weighted by Crippen LogP contribution is -2.46. The van der Waals surface area contributed by atoms with Crippen LogP contribution in [0.4, 0.5) is 5.69 Å². The van der Waals surface area contributed by atoms with E-state index in [1.807, 2.05) is 0 Å². The summed E-state index contributed by atoms with van der Waals surface area (Å²) in [5.41, 5.74) is 1.33. The Kier molecular flexibility index (Phi) is 4.80. The van der Waals surface area contributed by atoms with Gasteiger partial charge in [0, 0.05) is 37.3 Å². The van der Waals surface area contributed by atoms with E-state index in [9.17, 15) is 14.4 Å². The van der Waals surface area contributed by atoms with Crippen molar-refractivity contribution in [1.82, 2.24) is 4.90 Å². The summed E-state index contributed by atoms with van der Waals surface area (Å²) in [7, 11) is 0. The Bertz CT molecular complexity index is 643. The van der Waals surface area contributed by atoms with Crippen LogP contribution < -0.4 is 4.90 Å². The molecule has 2 aliphatic heterocycles. The number of ether oxygens (including phenoxy) is 1. The SMILES string of the molecule is O=C(O)C[C@@H]1CN(C(=O)c2ccc(N3CCCC3=O)cc2)CCO1. The fraction of sp³-hybridized carbons (Fsp3) is 0.471. The predicted octanol–water partition coefficient (Wildman–Crippen LogP) is 1.13. The number of carboxylic acid groups (broad SMARTS) is 1. The normalized spacial score (nSPS) is 21.2. The minimum Gasteiger partial charge on any atom is -0.481 e. The second-order valence-corrected chi connectivity index (χ2v) is 6.04. The Morgan fingerprint density at radius 3 is 2.58 bits per heavy atom. The second kappa shape index (κ2) is 7.00.